The van der Waals surface area contributed by atoms with E-state index in [9.17, 15) is 0 Å². The largest absolute Gasteiger partial charge is 0.381 e. The van der Waals surface area contributed by atoms with Crippen molar-refractivity contribution in [2.75, 3.05) is 19.1 Å². The van der Waals surface area contributed by atoms with Crippen molar-refractivity contribution in [1.29, 1.82) is 0 Å². The molecule has 0 spiro atoms. The molecule has 0 N–H and O–H groups in total. The van der Waals surface area contributed by atoms with Gasteiger partial charge in [-0.3, -0.25) is 0 Å². The van der Waals surface area contributed by atoms with E-state index in [0.717, 1.165) is 30.5 Å². The minimum absolute atomic E-state index is 0.362. The van der Waals surface area contributed by atoms with E-state index >= 15 is 0 Å². The predicted octanol–water partition coefficient (Wildman–Crippen LogP) is 5.22. The first kappa shape index (κ1) is 16.0. The summed E-state index contributed by atoms with van der Waals surface area (Å²) in [6, 6.07) is 8.27. The van der Waals surface area contributed by atoms with E-state index in [0.29, 0.717) is 17.7 Å². The minimum atomic E-state index is 0.362. The van der Waals surface area contributed by atoms with Gasteiger partial charge >= 0.3 is 0 Å². The molecule has 0 saturated carbocycles. The van der Waals surface area contributed by atoms with Gasteiger partial charge in [-0.25, -0.2) is 0 Å². The number of rotatable bonds is 8. The maximum atomic E-state index is 6.06. The molecular formula is C15H22BrClO. The van der Waals surface area contributed by atoms with Gasteiger partial charge in [-0.1, -0.05) is 48.0 Å². The molecule has 3 heteroatoms. The number of benzene rings is 1. The van der Waals surface area contributed by atoms with Gasteiger partial charge in [0.05, 0.1) is 0 Å². The van der Waals surface area contributed by atoms with E-state index < -0.39 is 0 Å². The van der Waals surface area contributed by atoms with Gasteiger partial charge in [-0.15, -0.1) is 11.6 Å². The summed E-state index contributed by atoms with van der Waals surface area (Å²) in [6.45, 7) is 6.06. The van der Waals surface area contributed by atoms with Gasteiger partial charge in [-0.05, 0) is 30.4 Å². The molecule has 18 heavy (non-hydrogen) atoms. The molecule has 0 saturated heterocycles. The van der Waals surface area contributed by atoms with Crippen LogP contribution in [0.15, 0.2) is 28.7 Å². The lowest BCUT2D eigenvalue weighted by Gasteiger charge is -2.16. The molecule has 0 aliphatic rings. The second kappa shape index (κ2) is 8.95. The first-order valence-corrected chi connectivity index (χ1v) is 7.86. The minimum Gasteiger partial charge on any atom is -0.381 e. The number of alkyl halides is 1. The van der Waals surface area contributed by atoms with Gasteiger partial charge in [-0.2, -0.15) is 0 Å². The molecule has 1 rings (SSSR count). The number of hydrogen-bond donors (Lipinski definition) is 0. The van der Waals surface area contributed by atoms with Crippen molar-refractivity contribution in [2.45, 2.75) is 32.6 Å². The molecule has 0 radical (unpaired) electrons. The highest BCUT2D eigenvalue weighted by molar-refractivity contribution is 9.10. The Morgan fingerprint density at radius 2 is 1.83 bits per heavy atom. The van der Waals surface area contributed by atoms with E-state index in [2.05, 4.69) is 48.0 Å². The molecular weight excluding hydrogens is 312 g/mol. The fraction of sp³-hybridized carbons (Fsp3) is 0.600. The molecule has 0 aliphatic heterocycles. The third kappa shape index (κ3) is 5.73. The Kier molecular flexibility index (Phi) is 7.96. The summed E-state index contributed by atoms with van der Waals surface area (Å²) in [7, 11) is 0. The summed E-state index contributed by atoms with van der Waals surface area (Å²) in [6.07, 6.45) is 2.10. The van der Waals surface area contributed by atoms with Crippen molar-refractivity contribution in [3.05, 3.63) is 34.3 Å². The Morgan fingerprint density at radius 1 is 1.17 bits per heavy atom. The predicted molar refractivity (Wildman–Crippen MR) is 82.5 cm³/mol. The van der Waals surface area contributed by atoms with Crippen molar-refractivity contribution < 1.29 is 4.74 Å². The van der Waals surface area contributed by atoms with Crippen LogP contribution in [0.3, 0.4) is 0 Å². The Morgan fingerprint density at radius 3 is 2.44 bits per heavy atom. The highest BCUT2D eigenvalue weighted by Gasteiger charge is 2.12. The van der Waals surface area contributed by atoms with Crippen LogP contribution in [0.25, 0.3) is 0 Å². The lowest BCUT2D eigenvalue weighted by molar-refractivity contribution is 0.118. The van der Waals surface area contributed by atoms with Gasteiger partial charge in [0.25, 0.3) is 0 Å². The summed E-state index contributed by atoms with van der Waals surface area (Å²) in [5.41, 5.74) is 1.28. The lowest BCUT2D eigenvalue weighted by atomic mass is 9.98. The summed E-state index contributed by atoms with van der Waals surface area (Å²) in [5.74, 6) is 1.70. The van der Waals surface area contributed by atoms with E-state index in [1.165, 1.54) is 5.56 Å². The van der Waals surface area contributed by atoms with Gasteiger partial charge in [0.2, 0.25) is 0 Å². The number of hydrogen-bond acceptors (Lipinski definition) is 1. The molecule has 0 fully saturated rings. The van der Waals surface area contributed by atoms with Gasteiger partial charge < -0.3 is 4.74 Å². The third-order valence-corrected chi connectivity index (χ3v) is 4.08. The molecule has 0 amide bonds. The zero-order valence-corrected chi connectivity index (χ0v) is 13.5. The van der Waals surface area contributed by atoms with Gasteiger partial charge in [0.1, 0.15) is 0 Å². The average Bonchev–Trinajstić information content (AvgIpc) is 2.35. The fourth-order valence-electron chi connectivity index (χ4n) is 1.77. The van der Waals surface area contributed by atoms with Crippen molar-refractivity contribution in [1.82, 2.24) is 0 Å². The highest BCUT2D eigenvalue weighted by atomic mass is 79.9. The van der Waals surface area contributed by atoms with Crippen LogP contribution < -0.4 is 0 Å². The molecule has 1 aromatic carbocycles. The van der Waals surface area contributed by atoms with E-state index in [-0.39, 0.29) is 0 Å². The van der Waals surface area contributed by atoms with Gasteiger partial charge in [0.15, 0.2) is 0 Å². The van der Waals surface area contributed by atoms with E-state index in [1.54, 1.807) is 0 Å². The van der Waals surface area contributed by atoms with Crippen molar-refractivity contribution >= 4 is 27.5 Å². The second-order valence-electron chi connectivity index (χ2n) is 4.96. The molecule has 0 aromatic heterocycles. The van der Waals surface area contributed by atoms with Gasteiger partial charge in [0, 0.05) is 29.5 Å². The van der Waals surface area contributed by atoms with Crippen LogP contribution in [0, 0.1) is 5.92 Å². The third-order valence-electron chi connectivity index (χ3n) is 2.98. The smallest absolute Gasteiger partial charge is 0.0472 e. The van der Waals surface area contributed by atoms with Crippen molar-refractivity contribution in [3.8, 4) is 0 Å². The van der Waals surface area contributed by atoms with Crippen molar-refractivity contribution in [3.63, 3.8) is 0 Å². The summed E-state index contributed by atoms with van der Waals surface area (Å²) in [4.78, 5) is 0. The highest BCUT2D eigenvalue weighted by Crippen LogP contribution is 2.28. The van der Waals surface area contributed by atoms with E-state index in [4.69, 9.17) is 16.3 Å². The monoisotopic (exact) mass is 332 g/mol. The quantitative estimate of drug-likeness (QED) is 0.468. The standard InChI is InChI=1S/C15H22BrClO/c1-12(2)7-9-18-10-8-13(11-17)14-5-3-4-6-15(14)16/h3-6,12-13H,7-11H2,1-2H3. The molecule has 0 aliphatic carbocycles. The van der Waals surface area contributed by atoms with Crippen LogP contribution in [-0.2, 0) is 4.74 Å². The first-order chi connectivity index (χ1) is 8.65. The number of halogens is 2. The van der Waals surface area contributed by atoms with Crippen LogP contribution in [0.4, 0.5) is 0 Å². The Bertz CT molecular complexity index is 341. The Hall–Kier alpha value is -0.0500. The van der Waals surface area contributed by atoms with Crippen LogP contribution in [0.1, 0.15) is 38.2 Å². The average molecular weight is 334 g/mol. The Labute approximate surface area is 124 Å². The zero-order chi connectivity index (χ0) is 13.4. The number of ether oxygens (including phenoxy) is 1. The SMILES string of the molecule is CC(C)CCOCCC(CCl)c1ccccc1Br. The molecule has 0 heterocycles. The molecule has 102 valence electrons. The topological polar surface area (TPSA) is 9.23 Å². The van der Waals surface area contributed by atoms with Crippen LogP contribution >= 0.6 is 27.5 Å². The normalized spacial score (nSPS) is 12.9. The summed E-state index contributed by atoms with van der Waals surface area (Å²) in [5, 5.41) is 0. The van der Waals surface area contributed by atoms with Crippen LogP contribution in [-0.4, -0.2) is 19.1 Å². The molecule has 1 atom stereocenters. The summed E-state index contributed by atoms with van der Waals surface area (Å²) >= 11 is 9.64. The molecule has 1 unspecified atom stereocenters. The maximum Gasteiger partial charge on any atom is 0.0472 e. The first-order valence-electron chi connectivity index (χ1n) is 6.53. The van der Waals surface area contributed by atoms with Crippen LogP contribution in [0.2, 0.25) is 0 Å². The second-order valence-corrected chi connectivity index (χ2v) is 6.12. The lowest BCUT2D eigenvalue weighted by Crippen LogP contribution is -2.08. The molecule has 0 bridgehead atoms. The maximum absolute atomic E-state index is 6.06. The fourth-order valence-corrected chi connectivity index (χ4v) is 2.70. The van der Waals surface area contributed by atoms with Crippen molar-refractivity contribution in [2.24, 2.45) is 5.92 Å². The zero-order valence-electron chi connectivity index (χ0n) is 11.2. The van der Waals surface area contributed by atoms with E-state index in [1.807, 2.05) is 6.07 Å². The van der Waals surface area contributed by atoms with Crippen LogP contribution in [0.5, 0.6) is 0 Å². The molecule has 1 nitrogen and oxygen atoms in total. The summed E-state index contributed by atoms with van der Waals surface area (Å²) < 4.78 is 6.80. The Balaban J connectivity index is 2.36. The molecule has 1 aromatic rings.